The van der Waals surface area contributed by atoms with Crippen LogP contribution in [0.1, 0.15) is 51.0 Å². The zero-order chi connectivity index (χ0) is 33.6. The summed E-state index contributed by atoms with van der Waals surface area (Å²) >= 11 is 0. The maximum atomic E-state index is 11.7. The number of methoxy groups -OCH3 is 2. The van der Waals surface area contributed by atoms with Crippen LogP contribution in [0.3, 0.4) is 0 Å². The molecule has 2 heterocycles. The molecule has 0 unspecified atom stereocenters. The molecule has 3 atom stereocenters. The van der Waals surface area contributed by atoms with Crippen LogP contribution in [0, 0.1) is 0 Å². The molecule has 5 aromatic carbocycles. The average molecular weight is 654 g/mol. The van der Waals surface area contributed by atoms with Gasteiger partial charge in [0, 0.05) is 23.6 Å². The number of aliphatic hydroxyl groups excluding tert-OH is 1. The van der Waals surface area contributed by atoms with E-state index < -0.39 is 12.2 Å². The highest BCUT2D eigenvalue weighted by Crippen LogP contribution is 2.52. The zero-order valence-electron chi connectivity index (χ0n) is 27.6. The van der Waals surface area contributed by atoms with Gasteiger partial charge in [-0.3, -0.25) is 4.99 Å². The first-order valence-electron chi connectivity index (χ1n) is 16.9. The lowest BCUT2D eigenvalue weighted by Gasteiger charge is -2.37. The van der Waals surface area contributed by atoms with Crippen LogP contribution in [0.15, 0.2) is 89.9 Å². The van der Waals surface area contributed by atoms with E-state index in [1.165, 1.54) is 23.5 Å². The fourth-order valence-electron chi connectivity index (χ4n) is 7.90. The second kappa shape index (κ2) is 12.6. The van der Waals surface area contributed by atoms with E-state index in [4.69, 9.17) is 14.2 Å². The Hall–Kier alpha value is -5.27. The Bertz CT molecular complexity index is 2190. The number of fused-ring (bicyclic) bond motifs is 6. The Morgan fingerprint density at radius 1 is 0.816 bits per heavy atom. The number of aromatic hydroxyl groups is 2. The van der Waals surface area contributed by atoms with Crippen LogP contribution in [0.5, 0.6) is 28.7 Å². The maximum Gasteiger partial charge on any atom is 0.161 e. The van der Waals surface area contributed by atoms with Crippen LogP contribution >= 0.6 is 0 Å². The van der Waals surface area contributed by atoms with E-state index in [0.29, 0.717) is 43.1 Å². The number of rotatable bonds is 8. The third-order valence-electron chi connectivity index (χ3n) is 10.3. The Morgan fingerprint density at radius 2 is 1.65 bits per heavy atom. The summed E-state index contributed by atoms with van der Waals surface area (Å²) in [6, 6.07) is 27.8. The molecule has 2 aliphatic heterocycles. The summed E-state index contributed by atoms with van der Waals surface area (Å²) in [5.74, 6) is 2.15. The molecule has 0 radical (unpaired) electrons. The number of phenols is 2. The van der Waals surface area contributed by atoms with Crippen molar-refractivity contribution in [1.29, 1.82) is 0 Å². The van der Waals surface area contributed by atoms with E-state index in [-0.39, 0.29) is 17.4 Å². The van der Waals surface area contributed by atoms with E-state index in [0.717, 1.165) is 57.1 Å². The molecular formula is C42H39NO6. The van der Waals surface area contributed by atoms with Crippen molar-refractivity contribution in [1.82, 2.24) is 0 Å². The zero-order valence-corrected chi connectivity index (χ0v) is 27.6. The summed E-state index contributed by atoms with van der Waals surface area (Å²) < 4.78 is 18.3. The molecule has 0 bridgehead atoms. The van der Waals surface area contributed by atoms with E-state index in [9.17, 15) is 15.3 Å². The quantitative estimate of drug-likeness (QED) is 0.193. The van der Waals surface area contributed by atoms with Crippen LogP contribution in [0.25, 0.3) is 17.2 Å². The first kappa shape index (κ1) is 31.0. The standard InChI is InChI=1S/C42H39NO6/c1-47-38-23-37-33(22-36(45)42(49-37)29-18-27(41(46)39(20-29)48-2)10-8-24-6-4-3-5-7-24)34-19-28(32-21-30(44)11-12-31(32)40(34)38)17-25-9-13-35-26(16-25)14-15-43-35/h3-7,9,11-14,16,18,20-21,23,28,36,42,44-46H,8,10,15,17,19,22H2,1-2H3/t28-,36-,42-/m1/s1. The Labute approximate surface area is 285 Å². The highest BCUT2D eigenvalue weighted by Gasteiger charge is 2.37. The third kappa shape index (κ3) is 5.68. The third-order valence-corrected chi connectivity index (χ3v) is 10.3. The molecule has 3 aliphatic rings. The van der Waals surface area contributed by atoms with Crippen LogP contribution in [-0.2, 0) is 32.1 Å². The van der Waals surface area contributed by atoms with Gasteiger partial charge in [-0.1, -0.05) is 48.5 Å². The van der Waals surface area contributed by atoms with Gasteiger partial charge in [0.1, 0.15) is 23.4 Å². The van der Waals surface area contributed by atoms with Gasteiger partial charge in [0.25, 0.3) is 0 Å². The van der Waals surface area contributed by atoms with Gasteiger partial charge in [0.15, 0.2) is 11.5 Å². The molecule has 0 fully saturated rings. The minimum Gasteiger partial charge on any atom is -0.508 e. The Kier molecular flexibility index (Phi) is 8.00. The monoisotopic (exact) mass is 653 g/mol. The number of hydrogen-bond donors (Lipinski definition) is 3. The number of benzene rings is 5. The van der Waals surface area contributed by atoms with E-state index in [2.05, 4.69) is 41.4 Å². The molecule has 7 nitrogen and oxygen atoms in total. The summed E-state index contributed by atoms with van der Waals surface area (Å²) in [6.45, 7) is 0.716. The van der Waals surface area contributed by atoms with Crippen LogP contribution < -0.4 is 24.8 Å². The van der Waals surface area contributed by atoms with E-state index in [1.54, 1.807) is 19.2 Å². The van der Waals surface area contributed by atoms with Gasteiger partial charge in [0.05, 0.1) is 32.2 Å². The minimum absolute atomic E-state index is 0.0885. The lowest BCUT2D eigenvalue weighted by Crippen LogP contribution is -2.32. The fraction of sp³-hybridized carbons (Fsp3) is 0.262. The van der Waals surface area contributed by atoms with Crippen molar-refractivity contribution in [3.63, 3.8) is 0 Å². The predicted molar refractivity (Wildman–Crippen MR) is 188 cm³/mol. The molecule has 3 N–H and O–H groups in total. The van der Waals surface area contributed by atoms with E-state index in [1.807, 2.05) is 42.5 Å². The summed E-state index contributed by atoms with van der Waals surface area (Å²) in [5.41, 5.74) is 9.03. The molecule has 49 heavy (non-hydrogen) atoms. The Balaban J connectivity index is 1.17. The van der Waals surface area contributed by atoms with Crippen molar-refractivity contribution in [3.8, 4) is 39.9 Å². The lowest BCUT2D eigenvalue weighted by atomic mass is 9.73. The normalized spacial score (nSPS) is 18.6. The van der Waals surface area contributed by atoms with E-state index >= 15 is 0 Å². The van der Waals surface area contributed by atoms with Crippen molar-refractivity contribution in [2.75, 3.05) is 20.8 Å². The van der Waals surface area contributed by atoms with Gasteiger partial charge in [0.2, 0.25) is 0 Å². The SMILES string of the molecule is COc1cc([C@H]2Oc3cc(OC)c4c(c3C[C@H]2O)C[C@@H](Cc2ccc3c(c2)=CCN=3)c2cc(O)ccc2-4)cc(CCc2ccccc2)c1O. The minimum atomic E-state index is -0.836. The van der Waals surface area contributed by atoms with Crippen LogP contribution in [0.2, 0.25) is 0 Å². The molecule has 248 valence electrons. The number of ether oxygens (including phenoxy) is 3. The number of hydrogen-bond acceptors (Lipinski definition) is 7. The fourth-order valence-corrected chi connectivity index (χ4v) is 7.90. The number of aliphatic hydroxyl groups is 1. The molecule has 0 spiro atoms. The summed E-state index contributed by atoms with van der Waals surface area (Å²) in [6.07, 6.45) is 3.89. The topological polar surface area (TPSA) is 101 Å². The predicted octanol–water partition coefficient (Wildman–Crippen LogP) is 5.90. The average Bonchev–Trinajstić information content (AvgIpc) is 3.59. The summed E-state index contributed by atoms with van der Waals surface area (Å²) in [5, 5.41) is 35.5. The van der Waals surface area contributed by atoms with Crippen molar-refractivity contribution in [2.24, 2.45) is 4.99 Å². The largest absolute Gasteiger partial charge is 0.508 e. The Morgan fingerprint density at radius 3 is 2.47 bits per heavy atom. The highest BCUT2D eigenvalue weighted by molar-refractivity contribution is 5.83. The molecule has 0 saturated heterocycles. The van der Waals surface area contributed by atoms with Gasteiger partial charge in [-0.15, -0.1) is 0 Å². The van der Waals surface area contributed by atoms with Gasteiger partial charge >= 0.3 is 0 Å². The first-order valence-corrected chi connectivity index (χ1v) is 16.9. The highest BCUT2D eigenvalue weighted by atomic mass is 16.5. The van der Waals surface area contributed by atoms with Crippen molar-refractivity contribution in [2.45, 2.75) is 50.2 Å². The molecule has 7 heteroatoms. The smallest absolute Gasteiger partial charge is 0.161 e. The molecular weight excluding hydrogens is 614 g/mol. The van der Waals surface area contributed by atoms with Crippen molar-refractivity contribution < 1.29 is 29.5 Å². The lowest BCUT2D eigenvalue weighted by molar-refractivity contribution is 0.0201. The van der Waals surface area contributed by atoms with Gasteiger partial charge < -0.3 is 29.5 Å². The summed E-state index contributed by atoms with van der Waals surface area (Å²) in [4.78, 5) is 4.55. The number of aryl methyl sites for hydroxylation is 2. The van der Waals surface area contributed by atoms with Crippen molar-refractivity contribution >= 4 is 6.08 Å². The number of phenolic OH excluding ortho intramolecular Hbond substituents is 2. The second-order valence-corrected chi connectivity index (χ2v) is 13.3. The number of nitrogens with zero attached hydrogens (tertiary/aromatic N) is 1. The molecule has 0 aromatic heterocycles. The summed E-state index contributed by atoms with van der Waals surface area (Å²) in [7, 11) is 3.20. The first-order chi connectivity index (χ1) is 23.9. The van der Waals surface area contributed by atoms with Crippen LogP contribution in [-0.4, -0.2) is 42.2 Å². The van der Waals surface area contributed by atoms with Gasteiger partial charge in [-0.05, 0) is 112 Å². The van der Waals surface area contributed by atoms with Crippen LogP contribution in [0.4, 0.5) is 0 Å². The molecule has 8 rings (SSSR count). The molecule has 5 aromatic rings. The molecule has 0 amide bonds. The maximum absolute atomic E-state index is 11.7. The van der Waals surface area contributed by atoms with Gasteiger partial charge in [-0.2, -0.15) is 0 Å². The molecule has 1 aliphatic carbocycles. The van der Waals surface area contributed by atoms with Gasteiger partial charge in [-0.25, -0.2) is 0 Å². The van der Waals surface area contributed by atoms with Crippen molar-refractivity contribution in [3.05, 3.63) is 134 Å². The molecule has 0 saturated carbocycles. The second-order valence-electron chi connectivity index (χ2n) is 13.3.